The van der Waals surface area contributed by atoms with Crippen LogP contribution in [0.25, 0.3) is 0 Å². The number of guanidine groups is 1. The van der Waals surface area contributed by atoms with Gasteiger partial charge in [0.1, 0.15) is 0 Å². The van der Waals surface area contributed by atoms with Crippen LogP contribution >= 0.6 is 24.0 Å². The molecule has 2 aliphatic heterocycles. The van der Waals surface area contributed by atoms with E-state index in [1.165, 1.54) is 45.3 Å². The van der Waals surface area contributed by atoms with E-state index in [1.54, 1.807) is 0 Å². The largest absolute Gasteiger partial charge is 0.396 e. The number of hydrogen-bond acceptors (Lipinski definition) is 4. The Bertz CT molecular complexity index is 356. The first-order chi connectivity index (χ1) is 11.3. The highest BCUT2D eigenvalue weighted by Gasteiger charge is 2.34. The third-order valence-electron chi connectivity index (χ3n) is 5.07. The van der Waals surface area contributed by atoms with Crippen LogP contribution in [0, 0.1) is 5.41 Å². The van der Waals surface area contributed by atoms with Crippen molar-refractivity contribution in [2.45, 2.75) is 38.5 Å². The van der Waals surface area contributed by atoms with Crippen LogP contribution in [0.4, 0.5) is 0 Å². The number of aliphatic imine (C=N–C) groups is 1. The SMILES string of the molecule is CN=C(NCCCCN1CCCC1)NCC1(CCO)CCOC1.I. The topological polar surface area (TPSA) is 69.1 Å². The molecule has 2 heterocycles. The molecule has 2 saturated heterocycles. The Balaban J connectivity index is 0.00000288. The second-order valence-electron chi connectivity index (χ2n) is 6.88. The summed E-state index contributed by atoms with van der Waals surface area (Å²) in [4.78, 5) is 6.86. The number of rotatable bonds is 9. The first kappa shape index (κ1) is 21.9. The van der Waals surface area contributed by atoms with Crippen molar-refractivity contribution >= 4 is 29.9 Å². The molecule has 0 aromatic heterocycles. The summed E-state index contributed by atoms with van der Waals surface area (Å²) in [7, 11) is 1.81. The molecule has 7 heteroatoms. The lowest BCUT2D eigenvalue weighted by Crippen LogP contribution is -2.44. The summed E-state index contributed by atoms with van der Waals surface area (Å²) in [5, 5.41) is 16.1. The van der Waals surface area contributed by atoms with Gasteiger partial charge in [0.05, 0.1) is 6.61 Å². The van der Waals surface area contributed by atoms with Crippen LogP contribution < -0.4 is 10.6 Å². The van der Waals surface area contributed by atoms with Gasteiger partial charge in [-0.05, 0) is 58.2 Å². The van der Waals surface area contributed by atoms with Crippen molar-refractivity contribution < 1.29 is 9.84 Å². The van der Waals surface area contributed by atoms with Gasteiger partial charge < -0.3 is 25.4 Å². The van der Waals surface area contributed by atoms with E-state index >= 15 is 0 Å². The van der Waals surface area contributed by atoms with Gasteiger partial charge in [0.2, 0.25) is 0 Å². The van der Waals surface area contributed by atoms with Gasteiger partial charge >= 0.3 is 0 Å². The van der Waals surface area contributed by atoms with Crippen LogP contribution in [0.3, 0.4) is 0 Å². The molecule has 2 aliphatic rings. The van der Waals surface area contributed by atoms with Gasteiger partial charge in [-0.25, -0.2) is 0 Å². The van der Waals surface area contributed by atoms with Crippen molar-refractivity contribution in [3.63, 3.8) is 0 Å². The number of halogens is 1. The van der Waals surface area contributed by atoms with Crippen molar-refractivity contribution in [1.29, 1.82) is 0 Å². The standard InChI is InChI=1S/C17H34N4O2.HI/c1-18-16(19-8-2-3-9-21-10-4-5-11-21)20-14-17(6-12-22)7-13-23-15-17;/h22H,2-15H2,1H3,(H2,18,19,20);1H. The molecule has 0 aliphatic carbocycles. The van der Waals surface area contributed by atoms with Crippen LogP contribution in [0.2, 0.25) is 0 Å². The number of unbranched alkanes of at least 4 members (excludes halogenated alkanes) is 1. The maximum absolute atomic E-state index is 9.27. The highest BCUT2D eigenvalue weighted by molar-refractivity contribution is 14.0. The van der Waals surface area contributed by atoms with E-state index in [2.05, 4.69) is 20.5 Å². The normalized spacial score (nSPS) is 24.8. The van der Waals surface area contributed by atoms with Crippen LogP contribution in [0.15, 0.2) is 4.99 Å². The molecule has 2 fully saturated rings. The minimum Gasteiger partial charge on any atom is -0.396 e. The highest BCUT2D eigenvalue weighted by atomic mass is 127. The minimum atomic E-state index is 0. The Morgan fingerprint density at radius 2 is 2.04 bits per heavy atom. The summed E-state index contributed by atoms with van der Waals surface area (Å²) < 4.78 is 5.52. The Kier molecular flexibility index (Phi) is 11.2. The quantitative estimate of drug-likeness (QED) is 0.213. The van der Waals surface area contributed by atoms with E-state index in [1.807, 2.05) is 7.05 Å². The second-order valence-corrected chi connectivity index (χ2v) is 6.88. The van der Waals surface area contributed by atoms with Gasteiger partial charge in [-0.2, -0.15) is 0 Å². The molecular weight excluding hydrogens is 419 g/mol. The number of hydrogen-bond donors (Lipinski definition) is 3. The summed E-state index contributed by atoms with van der Waals surface area (Å²) in [6.45, 7) is 7.30. The van der Waals surface area contributed by atoms with E-state index in [-0.39, 0.29) is 36.0 Å². The van der Waals surface area contributed by atoms with E-state index in [0.717, 1.165) is 45.1 Å². The Morgan fingerprint density at radius 3 is 2.67 bits per heavy atom. The van der Waals surface area contributed by atoms with Crippen LogP contribution in [-0.4, -0.2) is 75.6 Å². The fourth-order valence-corrected chi connectivity index (χ4v) is 3.48. The highest BCUT2D eigenvalue weighted by Crippen LogP contribution is 2.31. The minimum absolute atomic E-state index is 0. The monoisotopic (exact) mass is 454 g/mol. The summed E-state index contributed by atoms with van der Waals surface area (Å²) in [5.41, 5.74) is 0.0577. The lowest BCUT2D eigenvalue weighted by molar-refractivity contribution is 0.127. The molecule has 1 unspecified atom stereocenters. The second kappa shape index (κ2) is 12.3. The Hall–Kier alpha value is -0.120. The van der Waals surface area contributed by atoms with Gasteiger partial charge in [-0.1, -0.05) is 0 Å². The molecule has 0 spiro atoms. The van der Waals surface area contributed by atoms with Crippen molar-refractivity contribution in [1.82, 2.24) is 15.5 Å². The zero-order chi connectivity index (χ0) is 16.4. The third-order valence-corrected chi connectivity index (χ3v) is 5.07. The number of aliphatic hydroxyl groups is 1. The Labute approximate surface area is 163 Å². The van der Waals surface area contributed by atoms with Crippen LogP contribution in [0.5, 0.6) is 0 Å². The number of likely N-dealkylation sites (tertiary alicyclic amines) is 1. The molecule has 0 aromatic rings. The van der Waals surface area contributed by atoms with Crippen LogP contribution in [0.1, 0.15) is 38.5 Å². The van der Waals surface area contributed by atoms with Crippen molar-refractivity contribution in [3.05, 3.63) is 0 Å². The third kappa shape index (κ3) is 7.41. The zero-order valence-corrected chi connectivity index (χ0v) is 17.4. The number of aliphatic hydroxyl groups excluding tert-OH is 1. The molecule has 2 rings (SSSR count). The number of ether oxygens (including phenoxy) is 1. The lowest BCUT2D eigenvalue weighted by atomic mass is 9.84. The molecular formula is C17H35IN4O2. The van der Waals surface area contributed by atoms with E-state index in [9.17, 15) is 5.11 Å². The van der Waals surface area contributed by atoms with Crippen LogP contribution in [-0.2, 0) is 4.74 Å². The van der Waals surface area contributed by atoms with Crippen molar-refractivity contribution in [2.24, 2.45) is 10.4 Å². The number of nitrogens with one attached hydrogen (secondary N) is 2. The molecule has 24 heavy (non-hydrogen) atoms. The first-order valence-electron chi connectivity index (χ1n) is 9.13. The van der Waals surface area contributed by atoms with Gasteiger partial charge in [0.15, 0.2) is 5.96 Å². The first-order valence-corrected chi connectivity index (χ1v) is 9.13. The average Bonchev–Trinajstić information content (AvgIpc) is 3.23. The molecule has 0 bridgehead atoms. The molecule has 3 N–H and O–H groups in total. The fraction of sp³-hybridized carbons (Fsp3) is 0.941. The maximum atomic E-state index is 9.27. The molecule has 0 radical (unpaired) electrons. The molecule has 0 aromatic carbocycles. The fourth-order valence-electron chi connectivity index (χ4n) is 3.48. The van der Waals surface area contributed by atoms with Gasteiger partial charge in [0.25, 0.3) is 0 Å². The van der Waals surface area contributed by atoms with Gasteiger partial charge in [-0.15, -0.1) is 24.0 Å². The van der Waals surface area contributed by atoms with E-state index < -0.39 is 0 Å². The van der Waals surface area contributed by atoms with Crippen molar-refractivity contribution in [3.8, 4) is 0 Å². The van der Waals surface area contributed by atoms with Crippen molar-refractivity contribution in [2.75, 3.05) is 59.6 Å². The molecule has 0 saturated carbocycles. The van der Waals surface area contributed by atoms with E-state index in [0.29, 0.717) is 0 Å². The van der Waals surface area contributed by atoms with E-state index in [4.69, 9.17) is 4.74 Å². The smallest absolute Gasteiger partial charge is 0.190 e. The summed E-state index contributed by atoms with van der Waals surface area (Å²) in [6, 6.07) is 0. The molecule has 142 valence electrons. The molecule has 6 nitrogen and oxygen atoms in total. The maximum Gasteiger partial charge on any atom is 0.190 e. The Morgan fingerprint density at radius 1 is 1.25 bits per heavy atom. The summed E-state index contributed by atoms with van der Waals surface area (Å²) in [6.07, 6.45) is 6.94. The molecule has 0 amide bonds. The molecule has 1 atom stereocenters. The predicted octanol–water partition coefficient (Wildman–Crippen LogP) is 1.43. The summed E-state index contributed by atoms with van der Waals surface area (Å²) in [5.74, 6) is 0.857. The van der Waals surface area contributed by atoms with Gasteiger partial charge in [0, 0.05) is 38.8 Å². The summed E-state index contributed by atoms with van der Waals surface area (Å²) >= 11 is 0. The average molecular weight is 454 g/mol. The zero-order valence-electron chi connectivity index (χ0n) is 15.1. The van der Waals surface area contributed by atoms with Gasteiger partial charge in [-0.3, -0.25) is 4.99 Å². The predicted molar refractivity (Wildman–Crippen MR) is 109 cm³/mol. The number of nitrogens with zero attached hydrogens (tertiary/aromatic N) is 2. The lowest BCUT2D eigenvalue weighted by Gasteiger charge is -2.27.